The van der Waals surface area contributed by atoms with Gasteiger partial charge in [-0.25, -0.2) is 4.98 Å². The molecule has 1 heterocycles. The van der Waals surface area contributed by atoms with Gasteiger partial charge in [0.1, 0.15) is 4.60 Å². The Labute approximate surface area is 140 Å². The van der Waals surface area contributed by atoms with Gasteiger partial charge in [-0.3, -0.25) is 4.79 Å². The van der Waals surface area contributed by atoms with E-state index >= 15 is 0 Å². The fraction of sp³-hybridized carbons (Fsp3) is 0.333. The molecule has 1 N–H and O–H groups in total. The Bertz CT molecular complexity index is 654. The lowest BCUT2D eigenvalue weighted by Gasteiger charge is -2.20. The molecule has 0 aliphatic carbocycles. The minimum Gasteiger partial charge on any atom is -0.321 e. The van der Waals surface area contributed by atoms with Gasteiger partial charge in [0.05, 0.1) is 5.56 Å². The van der Waals surface area contributed by atoms with Gasteiger partial charge in [0, 0.05) is 11.9 Å². The third-order valence-electron chi connectivity index (χ3n) is 3.62. The van der Waals surface area contributed by atoms with Crippen LogP contribution in [0.4, 0.5) is 5.69 Å². The highest BCUT2D eigenvalue weighted by Crippen LogP contribution is 2.32. The van der Waals surface area contributed by atoms with Crippen LogP contribution in [0.1, 0.15) is 61.0 Å². The average Bonchev–Trinajstić information content (AvgIpc) is 2.47. The number of nitrogens with zero attached hydrogens (tertiary/aromatic N) is 1. The summed E-state index contributed by atoms with van der Waals surface area (Å²) < 4.78 is 0.556. The summed E-state index contributed by atoms with van der Waals surface area (Å²) in [6.45, 7) is 8.54. The minimum atomic E-state index is -0.144. The topological polar surface area (TPSA) is 42.0 Å². The molecule has 0 bridgehead atoms. The zero-order valence-electron chi connectivity index (χ0n) is 13.4. The molecule has 0 unspecified atom stereocenters. The second-order valence-corrected chi connectivity index (χ2v) is 6.67. The van der Waals surface area contributed by atoms with E-state index in [1.54, 1.807) is 18.3 Å². The summed E-state index contributed by atoms with van der Waals surface area (Å²) in [6, 6.07) is 9.73. The molecule has 0 aliphatic rings. The SMILES string of the molecule is CC(C)c1cccc(C(C)C)c1NC(=O)c1cccnc1Br. The normalized spacial score (nSPS) is 11.0. The fourth-order valence-electron chi connectivity index (χ4n) is 2.43. The second-order valence-electron chi connectivity index (χ2n) is 5.92. The van der Waals surface area contributed by atoms with Crippen LogP contribution in [0.25, 0.3) is 0 Å². The minimum absolute atomic E-state index is 0.144. The van der Waals surface area contributed by atoms with E-state index in [2.05, 4.69) is 72.1 Å². The van der Waals surface area contributed by atoms with E-state index < -0.39 is 0 Å². The number of carbonyl (C=O) groups excluding carboxylic acids is 1. The van der Waals surface area contributed by atoms with E-state index in [0.29, 0.717) is 22.0 Å². The standard InChI is InChI=1S/C18H21BrN2O/c1-11(2)13-7-5-8-14(12(3)4)16(13)21-18(22)15-9-6-10-20-17(15)19/h5-12H,1-4H3,(H,21,22). The Morgan fingerprint density at radius 2 is 1.64 bits per heavy atom. The third kappa shape index (κ3) is 3.55. The molecule has 22 heavy (non-hydrogen) atoms. The van der Waals surface area contributed by atoms with Crippen LogP contribution in [0.5, 0.6) is 0 Å². The molecule has 2 rings (SSSR count). The summed E-state index contributed by atoms with van der Waals surface area (Å²) in [7, 11) is 0. The predicted molar refractivity (Wildman–Crippen MR) is 94.5 cm³/mol. The molecule has 2 aromatic rings. The van der Waals surface area contributed by atoms with Crippen LogP contribution in [0.15, 0.2) is 41.1 Å². The maximum Gasteiger partial charge on any atom is 0.258 e. The molecule has 1 aromatic carbocycles. The van der Waals surface area contributed by atoms with Crippen molar-refractivity contribution in [2.24, 2.45) is 0 Å². The lowest BCUT2D eigenvalue weighted by atomic mass is 9.92. The van der Waals surface area contributed by atoms with Crippen molar-refractivity contribution >= 4 is 27.5 Å². The monoisotopic (exact) mass is 360 g/mol. The first-order valence-corrected chi connectivity index (χ1v) is 8.25. The lowest BCUT2D eigenvalue weighted by Crippen LogP contribution is -2.16. The number of benzene rings is 1. The van der Waals surface area contributed by atoms with Crippen molar-refractivity contribution in [2.45, 2.75) is 39.5 Å². The van der Waals surface area contributed by atoms with Crippen LogP contribution in [-0.2, 0) is 0 Å². The number of nitrogens with one attached hydrogen (secondary N) is 1. The number of halogens is 1. The van der Waals surface area contributed by atoms with Crippen molar-refractivity contribution in [1.29, 1.82) is 0 Å². The molecule has 0 radical (unpaired) electrons. The molecule has 0 saturated carbocycles. The van der Waals surface area contributed by atoms with Crippen LogP contribution in [0.2, 0.25) is 0 Å². The van der Waals surface area contributed by atoms with Crippen LogP contribution < -0.4 is 5.32 Å². The van der Waals surface area contributed by atoms with E-state index in [1.165, 1.54) is 0 Å². The molecule has 0 saturated heterocycles. The van der Waals surface area contributed by atoms with Crippen LogP contribution >= 0.6 is 15.9 Å². The van der Waals surface area contributed by atoms with Crippen LogP contribution in [0.3, 0.4) is 0 Å². The van der Waals surface area contributed by atoms with Gasteiger partial charge in [0.2, 0.25) is 0 Å². The fourth-order valence-corrected chi connectivity index (χ4v) is 2.86. The van der Waals surface area contributed by atoms with E-state index in [4.69, 9.17) is 0 Å². The highest BCUT2D eigenvalue weighted by Gasteiger charge is 2.18. The van der Waals surface area contributed by atoms with Crippen molar-refractivity contribution < 1.29 is 4.79 Å². The lowest BCUT2D eigenvalue weighted by molar-refractivity contribution is 0.102. The number of amides is 1. The van der Waals surface area contributed by atoms with Crippen molar-refractivity contribution in [3.8, 4) is 0 Å². The number of hydrogen-bond acceptors (Lipinski definition) is 2. The van der Waals surface area contributed by atoms with Gasteiger partial charge in [0.25, 0.3) is 5.91 Å². The summed E-state index contributed by atoms with van der Waals surface area (Å²) in [6.07, 6.45) is 1.66. The summed E-state index contributed by atoms with van der Waals surface area (Å²) >= 11 is 3.33. The largest absolute Gasteiger partial charge is 0.321 e. The molecule has 3 nitrogen and oxygen atoms in total. The predicted octanol–water partition coefficient (Wildman–Crippen LogP) is 5.34. The van der Waals surface area contributed by atoms with E-state index in [0.717, 1.165) is 16.8 Å². The van der Waals surface area contributed by atoms with E-state index in [1.807, 2.05) is 0 Å². The molecule has 0 spiro atoms. The van der Waals surface area contributed by atoms with Crippen LogP contribution in [-0.4, -0.2) is 10.9 Å². The Hall–Kier alpha value is -1.68. The van der Waals surface area contributed by atoms with Gasteiger partial charge in [-0.05, 0) is 51.0 Å². The van der Waals surface area contributed by atoms with E-state index in [-0.39, 0.29) is 5.91 Å². The number of aromatic nitrogens is 1. The highest BCUT2D eigenvalue weighted by molar-refractivity contribution is 9.10. The molecule has 0 fully saturated rings. The second kappa shape index (κ2) is 7.05. The number of hydrogen-bond donors (Lipinski definition) is 1. The maximum absolute atomic E-state index is 12.6. The number of pyridine rings is 1. The summed E-state index contributed by atoms with van der Waals surface area (Å²) in [5.74, 6) is 0.535. The molecular weight excluding hydrogens is 340 g/mol. The van der Waals surface area contributed by atoms with Crippen molar-refractivity contribution in [2.75, 3.05) is 5.32 Å². The summed E-state index contributed by atoms with van der Waals surface area (Å²) in [5.41, 5.74) is 3.77. The van der Waals surface area contributed by atoms with Crippen molar-refractivity contribution in [3.05, 3.63) is 57.8 Å². The molecule has 1 aromatic heterocycles. The first-order valence-electron chi connectivity index (χ1n) is 7.46. The van der Waals surface area contributed by atoms with Gasteiger partial charge < -0.3 is 5.32 Å². The third-order valence-corrected chi connectivity index (χ3v) is 4.25. The Kier molecular flexibility index (Phi) is 5.35. The van der Waals surface area contributed by atoms with Crippen molar-refractivity contribution in [3.63, 3.8) is 0 Å². The number of carbonyl (C=O) groups is 1. The summed E-state index contributed by atoms with van der Waals surface area (Å²) in [4.78, 5) is 16.7. The average molecular weight is 361 g/mol. The zero-order chi connectivity index (χ0) is 16.3. The molecular formula is C18H21BrN2O. The quantitative estimate of drug-likeness (QED) is 0.747. The van der Waals surface area contributed by atoms with E-state index in [9.17, 15) is 4.79 Å². The zero-order valence-corrected chi connectivity index (χ0v) is 14.9. The van der Waals surface area contributed by atoms with Gasteiger partial charge >= 0.3 is 0 Å². The van der Waals surface area contributed by atoms with Gasteiger partial charge in [-0.15, -0.1) is 0 Å². The molecule has 4 heteroatoms. The maximum atomic E-state index is 12.6. The molecule has 116 valence electrons. The van der Waals surface area contributed by atoms with Gasteiger partial charge in [-0.1, -0.05) is 45.9 Å². The highest BCUT2D eigenvalue weighted by atomic mass is 79.9. The molecule has 0 atom stereocenters. The Morgan fingerprint density at radius 1 is 1.05 bits per heavy atom. The Morgan fingerprint density at radius 3 is 2.14 bits per heavy atom. The Balaban J connectivity index is 2.44. The first kappa shape index (κ1) is 16.7. The van der Waals surface area contributed by atoms with Gasteiger partial charge in [-0.2, -0.15) is 0 Å². The van der Waals surface area contributed by atoms with Gasteiger partial charge in [0.15, 0.2) is 0 Å². The number of rotatable bonds is 4. The number of anilines is 1. The molecule has 0 aliphatic heterocycles. The summed E-state index contributed by atoms with van der Waals surface area (Å²) in [5, 5.41) is 3.09. The van der Waals surface area contributed by atoms with Crippen LogP contribution in [0, 0.1) is 0 Å². The van der Waals surface area contributed by atoms with Crippen molar-refractivity contribution in [1.82, 2.24) is 4.98 Å². The molecule has 1 amide bonds. The number of para-hydroxylation sites is 1. The first-order chi connectivity index (χ1) is 10.4. The smallest absolute Gasteiger partial charge is 0.258 e.